The number of rotatable bonds is 41. The van der Waals surface area contributed by atoms with Crippen molar-refractivity contribution >= 4 is 52.0 Å². The van der Waals surface area contributed by atoms with Crippen LogP contribution in [0.5, 0.6) is 0 Å². The van der Waals surface area contributed by atoms with Gasteiger partial charge in [-0.15, -0.1) is 0 Å². The molecule has 0 spiro atoms. The molecule has 0 aromatic rings. The van der Waals surface area contributed by atoms with Crippen LogP contribution in [0.4, 0.5) is 0 Å². The Hall–Kier alpha value is -2.86. The lowest BCUT2D eigenvalue weighted by atomic mass is 10.0. The van der Waals surface area contributed by atoms with Crippen molar-refractivity contribution in [1.29, 1.82) is 0 Å². The summed E-state index contributed by atoms with van der Waals surface area (Å²) in [6.07, 6.45) is 23.7. The minimum Gasteiger partial charge on any atom is -0.483 e. The molecule has 0 aromatic carbocycles. The van der Waals surface area contributed by atoms with Gasteiger partial charge in [0.15, 0.2) is 0 Å². The van der Waals surface area contributed by atoms with Gasteiger partial charge in [0.05, 0.1) is 58.2 Å². The van der Waals surface area contributed by atoms with Crippen LogP contribution < -0.4 is 21.7 Å². The van der Waals surface area contributed by atoms with Crippen LogP contribution in [0.3, 0.4) is 0 Å². The van der Waals surface area contributed by atoms with Crippen LogP contribution in [-0.2, 0) is 47.7 Å². The zero-order chi connectivity index (χ0) is 43.6. The highest BCUT2D eigenvalue weighted by atomic mass is 79.9. The zero-order valence-electron chi connectivity index (χ0n) is 35.6. The number of nitrogens with two attached hydrogens (primary N) is 1. The lowest BCUT2D eigenvalue weighted by molar-refractivity contribution is -0.137. The molecule has 17 heteroatoms. The van der Waals surface area contributed by atoms with E-state index >= 15 is 0 Å². The van der Waals surface area contributed by atoms with Gasteiger partial charge in [-0.05, 0) is 19.3 Å². The molecule has 0 fully saturated rings. The minimum atomic E-state index is -0.800. The summed E-state index contributed by atoms with van der Waals surface area (Å²) in [5.74, 6) is -1.27. The van der Waals surface area contributed by atoms with Gasteiger partial charge in [0, 0.05) is 45.3 Å². The number of hydrogen-bond acceptors (Lipinski definition) is 10. The largest absolute Gasteiger partial charge is 0.483 e. The van der Waals surface area contributed by atoms with Crippen LogP contribution in [0.2, 0.25) is 0 Å². The molecule has 0 saturated heterocycles. The second-order valence-corrected chi connectivity index (χ2v) is 14.2. The lowest BCUT2D eigenvalue weighted by Gasteiger charge is -2.08. The Bertz CT molecular complexity index is 966. The number of aliphatic carboxylic acids is 1. The molecule has 0 aliphatic heterocycles. The first-order valence-electron chi connectivity index (χ1n) is 21.4. The van der Waals surface area contributed by atoms with Gasteiger partial charge in [0.2, 0.25) is 23.6 Å². The fourth-order valence-electron chi connectivity index (χ4n) is 5.20. The van der Waals surface area contributed by atoms with E-state index in [2.05, 4.69) is 38.8 Å². The van der Waals surface area contributed by atoms with Gasteiger partial charge in [0.25, 0.3) is 6.47 Å². The molecule has 0 radical (unpaired) electrons. The van der Waals surface area contributed by atoms with Gasteiger partial charge < -0.3 is 50.8 Å². The van der Waals surface area contributed by atoms with Gasteiger partial charge >= 0.3 is 5.97 Å². The Kier molecular flexibility index (Phi) is 53.5. The molecule has 0 saturated carbocycles. The summed E-state index contributed by atoms with van der Waals surface area (Å²) in [6.45, 7) is 6.23. The maximum absolute atomic E-state index is 11.7. The smallest absolute Gasteiger partial charge is 0.303 e. The second kappa shape index (κ2) is 52.2. The van der Waals surface area contributed by atoms with Crippen molar-refractivity contribution in [2.75, 3.05) is 77.8 Å². The van der Waals surface area contributed by atoms with Crippen LogP contribution in [-0.4, -0.2) is 124 Å². The molecule has 0 bridgehead atoms. The summed E-state index contributed by atoms with van der Waals surface area (Å²) < 4.78 is 21.3. The number of primary amides is 1. The maximum Gasteiger partial charge on any atom is 0.303 e. The molecule has 0 rings (SSSR count). The first-order chi connectivity index (χ1) is 28.1. The van der Waals surface area contributed by atoms with Crippen LogP contribution in [0, 0.1) is 0 Å². The number of carboxylic acid groups (broad SMARTS) is 2. The number of halogens is 1. The van der Waals surface area contributed by atoms with E-state index in [9.17, 15) is 24.0 Å². The minimum absolute atomic E-state index is 0.0906. The van der Waals surface area contributed by atoms with Crippen molar-refractivity contribution < 1.29 is 57.9 Å². The van der Waals surface area contributed by atoms with Crippen molar-refractivity contribution in [3.05, 3.63) is 0 Å². The van der Waals surface area contributed by atoms with Crippen molar-refractivity contribution in [2.45, 2.75) is 148 Å². The molecule has 0 heterocycles. The molecule has 16 nitrogen and oxygen atoms in total. The lowest BCUT2D eigenvalue weighted by Crippen LogP contribution is -2.29. The molecule has 342 valence electrons. The van der Waals surface area contributed by atoms with Crippen LogP contribution in [0.1, 0.15) is 148 Å². The third kappa shape index (κ3) is 59.8. The van der Waals surface area contributed by atoms with Gasteiger partial charge in [-0.2, -0.15) is 0 Å². The van der Waals surface area contributed by atoms with E-state index in [4.69, 9.17) is 39.7 Å². The summed E-state index contributed by atoms with van der Waals surface area (Å²) in [5, 5.41) is 23.9. The Balaban J connectivity index is -0.00000111. The average molecular weight is 900 g/mol. The van der Waals surface area contributed by atoms with E-state index in [1.165, 1.54) is 89.9 Å². The van der Waals surface area contributed by atoms with E-state index in [0.29, 0.717) is 85.3 Å². The van der Waals surface area contributed by atoms with Gasteiger partial charge in [-0.25, -0.2) is 0 Å². The highest BCUT2D eigenvalue weighted by Crippen LogP contribution is 2.13. The third-order valence-corrected chi connectivity index (χ3v) is 8.88. The van der Waals surface area contributed by atoms with Crippen molar-refractivity contribution in [3.63, 3.8) is 0 Å². The number of hydrogen-bond donors (Lipinski definition) is 6. The molecule has 0 aliphatic carbocycles. The number of carbonyl (C=O) groups excluding carboxylic acids is 4. The molecular weight excluding hydrogens is 820 g/mol. The number of ether oxygens (including phenoxy) is 4. The Morgan fingerprint density at radius 2 is 0.845 bits per heavy atom. The average Bonchev–Trinajstić information content (AvgIpc) is 3.19. The zero-order valence-corrected chi connectivity index (χ0v) is 37.1. The molecule has 7 N–H and O–H groups in total. The number of carboxylic acids is 1. The molecule has 0 aliphatic rings. The first kappa shape index (κ1) is 59.5. The number of carbonyl (C=O) groups is 6. The molecule has 58 heavy (non-hydrogen) atoms. The summed E-state index contributed by atoms with van der Waals surface area (Å²) in [5.41, 5.74) is 5.11. The summed E-state index contributed by atoms with van der Waals surface area (Å²) in [7, 11) is 0. The number of nitrogens with one attached hydrogen (secondary N) is 3. The second-order valence-electron chi connectivity index (χ2n) is 13.6. The van der Waals surface area contributed by atoms with E-state index in [-0.39, 0.29) is 54.7 Å². The Morgan fingerprint density at radius 3 is 1.24 bits per heavy atom. The quantitative estimate of drug-likeness (QED) is 0.0248. The fourth-order valence-corrected chi connectivity index (χ4v) is 5.40. The van der Waals surface area contributed by atoms with Crippen molar-refractivity contribution in [3.8, 4) is 0 Å². The van der Waals surface area contributed by atoms with E-state index < -0.39 is 5.97 Å². The molecule has 0 aromatic heterocycles. The SMILES string of the molecule is CCCCCCCCCCCCCCCCCC(N)=O.O=C(O)CCCCCNC(=O)CCOCCOCCNC(=O)CCOCCOCCNC(=O)CBr.O=CO. The van der Waals surface area contributed by atoms with Gasteiger partial charge in [0.1, 0.15) is 0 Å². The molecule has 4 amide bonds. The summed E-state index contributed by atoms with van der Waals surface area (Å²) in [6, 6.07) is 0. The van der Waals surface area contributed by atoms with E-state index in [0.717, 1.165) is 19.3 Å². The first-order valence-corrected chi connectivity index (χ1v) is 22.5. The molecule has 0 atom stereocenters. The molecule has 0 unspecified atom stereocenters. The van der Waals surface area contributed by atoms with Crippen LogP contribution in [0.25, 0.3) is 0 Å². The topological polar surface area (TPSA) is 242 Å². The van der Waals surface area contributed by atoms with Gasteiger partial charge in [-0.3, -0.25) is 28.8 Å². The highest BCUT2D eigenvalue weighted by molar-refractivity contribution is 9.09. The van der Waals surface area contributed by atoms with Crippen molar-refractivity contribution in [1.82, 2.24) is 16.0 Å². The number of unbranched alkanes of at least 4 members (excludes halogenated alkanes) is 16. The van der Waals surface area contributed by atoms with Crippen LogP contribution in [0.15, 0.2) is 0 Å². The summed E-state index contributed by atoms with van der Waals surface area (Å²) >= 11 is 3.05. The normalized spacial score (nSPS) is 10.4. The standard InChI is InChI=1S/C22H40BrN3O9.C18H37NO.CH2O2/c23-18-21(29)26-9-13-35-17-15-33-11-6-20(28)25-8-12-34-16-14-32-10-5-19(27)24-7-3-1-2-4-22(30)31;1-2-3-4-5-6-7-8-9-10-11-12-13-14-15-16-17-18(19)20;2-1-3/h1-18H2,(H,24,27)(H,25,28)(H,26,29)(H,30,31);2-17H2,1H3,(H2,19,20);1H,(H,2,3). The summed E-state index contributed by atoms with van der Waals surface area (Å²) in [4.78, 5) is 63.6. The predicted octanol–water partition coefficient (Wildman–Crippen LogP) is 5.66. The maximum atomic E-state index is 11.7. The van der Waals surface area contributed by atoms with E-state index in [1.807, 2.05) is 0 Å². The number of alkyl halides is 1. The monoisotopic (exact) mass is 898 g/mol. The number of amides is 4. The van der Waals surface area contributed by atoms with E-state index in [1.54, 1.807) is 0 Å². The Morgan fingerprint density at radius 1 is 0.500 bits per heavy atom. The molecular formula is C41H79BrN4O12. The fraction of sp³-hybridized carbons (Fsp3) is 0.854. The predicted molar refractivity (Wildman–Crippen MR) is 229 cm³/mol. The third-order valence-electron chi connectivity index (χ3n) is 8.37. The Labute approximate surface area is 356 Å². The van der Waals surface area contributed by atoms with Crippen molar-refractivity contribution in [2.24, 2.45) is 5.73 Å². The van der Waals surface area contributed by atoms with Gasteiger partial charge in [-0.1, -0.05) is 119 Å². The highest BCUT2D eigenvalue weighted by Gasteiger charge is 2.03. The van der Waals surface area contributed by atoms with Crippen LogP contribution >= 0.6 is 15.9 Å².